The Hall–Kier alpha value is -1.21. The molecule has 2 aliphatic rings. The third-order valence-electron chi connectivity index (χ3n) is 4.92. The van der Waals surface area contributed by atoms with Gasteiger partial charge in [-0.2, -0.15) is 0 Å². The van der Waals surface area contributed by atoms with E-state index in [1.165, 1.54) is 12.2 Å². The molecule has 0 aromatic rings. The molecule has 1 saturated heterocycles. The second kappa shape index (κ2) is 4.91. The van der Waals surface area contributed by atoms with Crippen molar-refractivity contribution in [2.24, 2.45) is 5.41 Å². The van der Waals surface area contributed by atoms with Crippen LogP contribution in [0.2, 0.25) is 0 Å². The second-order valence-electron chi connectivity index (χ2n) is 6.48. The summed E-state index contributed by atoms with van der Waals surface area (Å²) in [6.07, 6.45) is 2.03. The fourth-order valence-electron chi connectivity index (χ4n) is 3.46. The summed E-state index contributed by atoms with van der Waals surface area (Å²) in [6.45, 7) is 5.07. The highest BCUT2D eigenvalue weighted by molar-refractivity contribution is 5.81. The van der Waals surface area contributed by atoms with E-state index in [4.69, 9.17) is 9.84 Å². The quantitative estimate of drug-likeness (QED) is 0.439. The van der Waals surface area contributed by atoms with Crippen molar-refractivity contribution >= 4 is 5.97 Å². The largest absolute Gasteiger partial charge is 0.478 e. The van der Waals surface area contributed by atoms with E-state index >= 15 is 0 Å². The lowest BCUT2D eigenvalue weighted by molar-refractivity contribution is -0.196. The maximum atomic E-state index is 11.1. The van der Waals surface area contributed by atoms with E-state index < -0.39 is 34.8 Å². The summed E-state index contributed by atoms with van der Waals surface area (Å²) in [5.74, 6) is -1.07. The normalized spacial score (nSPS) is 47.0. The highest BCUT2D eigenvalue weighted by Gasteiger charge is 2.70. The summed E-state index contributed by atoms with van der Waals surface area (Å²) in [5.41, 5.74) is -3.12. The Balaban J connectivity index is 2.41. The predicted molar refractivity (Wildman–Crippen MR) is 74.6 cm³/mol. The lowest BCUT2D eigenvalue weighted by atomic mass is 9.57. The van der Waals surface area contributed by atoms with Crippen LogP contribution in [-0.2, 0) is 9.53 Å². The molecule has 21 heavy (non-hydrogen) atoms. The van der Waals surface area contributed by atoms with E-state index in [1.807, 2.05) is 0 Å². The van der Waals surface area contributed by atoms with E-state index in [0.717, 1.165) is 6.08 Å². The van der Waals surface area contributed by atoms with Crippen LogP contribution in [0.25, 0.3) is 0 Å². The smallest absolute Gasteiger partial charge is 0.328 e. The van der Waals surface area contributed by atoms with Crippen molar-refractivity contribution in [2.45, 2.75) is 50.6 Å². The first kappa shape index (κ1) is 16.2. The number of fused-ring (bicyclic) bond motifs is 2. The van der Waals surface area contributed by atoms with Crippen molar-refractivity contribution in [1.82, 2.24) is 0 Å². The molecule has 118 valence electrons. The number of aliphatic carboxylic acids is 1. The molecule has 2 bridgehead atoms. The number of carbonyl (C=O) groups is 1. The van der Waals surface area contributed by atoms with Gasteiger partial charge in [-0.1, -0.05) is 13.0 Å². The van der Waals surface area contributed by atoms with Crippen LogP contribution in [0.3, 0.4) is 0 Å². The number of rotatable bonds is 3. The molecule has 2 fully saturated rings. The molecule has 1 aliphatic carbocycles. The lowest BCUT2D eigenvalue weighted by Crippen LogP contribution is -2.67. The summed E-state index contributed by atoms with van der Waals surface area (Å²) in [4.78, 5) is 10.6. The van der Waals surface area contributed by atoms with Gasteiger partial charge in [0.2, 0.25) is 0 Å². The number of aliphatic hydroxyl groups is 3. The first-order valence-electron chi connectivity index (χ1n) is 6.89. The molecule has 5 atom stereocenters. The van der Waals surface area contributed by atoms with E-state index in [2.05, 4.69) is 0 Å². The summed E-state index contributed by atoms with van der Waals surface area (Å²) < 4.78 is 5.68. The van der Waals surface area contributed by atoms with Crippen molar-refractivity contribution in [3.05, 3.63) is 23.8 Å². The molecule has 6 heteroatoms. The van der Waals surface area contributed by atoms with Gasteiger partial charge in [-0.3, -0.25) is 0 Å². The number of carboxylic acids is 1. The van der Waals surface area contributed by atoms with Gasteiger partial charge in [0.15, 0.2) is 0 Å². The molecule has 0 radical (unpaired) electrons. The van der Waals surface area contributed by atoms with Gasteiger partial charge >= 0.3 is 5.97 Å². The topological polar surface area (TPSA) is 107 Å². The maximum Gasteiger partial charge on any atom is 0.328 e. The summed E-state index contributed by atoms with van der Waals surface area (Å²) in [7, 11) is 0. The average Bonchev–Trinajstić information content (AvgIpc) is 2.51. The third-order valence-corrected chi connectivity index (χ3v) is 4.92. The fraction of sp³-hybridized carbons (Fsp3) is 0.667. The van der Waals surface area contributed by atoms with Crippen LogP contribution in [0.4, 0.5) is 0 Å². The highest BCUT2D eigenvalue weighted by atomic mass is 16.5. The van der Waals surface area contributed by atoms with E-state index in [9.17, 15) is 20.1 Å². The van der Waals surface area contributed by atoms with Gasteiger partial charge in [0.25, 0.3) is 0 Å². The van der Waals surface area contributed by atoms with E-state index in [0.29, 0.717) is 5.57 Å². The van der Waals surface area contributed by atoms with Crippen LogP contribution in [0.1, 0.15) is 27.2 Å². The lowest BCUT2D eigenvalue weighted by Gasteiger charge is -2.52. The fourth-order valence-corrected chi connectivity index (χ4v) is 3.46. The first-order chi connectivity index (χ1) is 9.56. The van der Waals surface area contributed by atoms with Gasteiger partial charge < -0.3 is 25.2 Å². The molecule has 6 nitrogen and oxygen atoms in total. The van der Waals surface area contributed by atoms with Gasteiger partial charge in [-0.15, -0.1) is 0 Å². The Kier molecular flexibility index (Phi) is 3.78. The average molecular weight is 298 g/mol. The number of carboxylic acid groups (broad SMARTS) is 1. The zero-order chi connectivity index (χ0) is 16.1. The molecule has 1 heterocycles. The Morgan fingerprint density at radius 3 is 2.52 bits per heavy atom. The van der Waals surface area contributed by atoms with E-state index in [-0.39, 0.29) is 13.0 Å². The minimum Gasteiger partial charge on any atom is -0.478 e. The van der Waals surface area contributed by atoms with Crippen LogP contribution in [0.5, 0.6) is 0 Å². The number of aliphatic hydroxyl groups excluding tert-OH is 2. The number of allylic oxidation sites excluding steroid dienone is 2. The van der Waals surface area contributed by atoms with Crippen molar-refractivity contribution in [1.29, 1.82) is 0 Å². The van der Waals surface area contributed by atoms with Crippen LogP contribution in [0.15, 0.2) is 23.8 Å². The number of hydrogen-bond acceptors (Lipinski definition) is 5. The zero-order valence-electron chi connectivity index (χ0n) is 12.4. The van der Waals surface area contributed by atoms with Crippen molar-refractivity contribution < 1.29 is 30.0 Å². The Bertz CT molecular complexity index is 512. The molecule has 0 spiro atoms. The first-order valence-corrected chi connectivity index (χ1v) is 6.89. The molecule has 0 aromatic heterocycles. The molecule has 4 N–H and O–H groups in total. The number of ether oxygens (including phenoxy) is 1. The molecular formula is C15H22O6. The van der Waals surface area contributed by atoms with Crippen LogP contribution in [-0.4, -0.2) is 56.4 Å². The summed E-state index contributed by atoms with van der Waals surface area (Å²) >= 11 is 0. The monoisotopic (exact) mass is 298 g/mol. The molecule has 2 rings (SSSR count). The van der Waals surface area contributed by atoms with Gasteiger partial charge in [-0.05, 0) is 25.5 Å². The number of hydrogen-bond donors (Lipinski definition) is 4. The molecule has 1 saturated carbocycles. The van der Waals surface area contributed by atoms with Crippen LogP contribution >= 0.6 is 0 Å². The van der Waals surface area contributed by atoms with Crippen molar-refractivity contribution in [3.63, 3.8) is 0 Å². The predicted octanol–water partition coefficient (Wildman–Crippen LogP) is 0.225. The third kappa shape index (κ3) is 2.23. The minimum atomic E-state index is -1.49. The summed E-state index contributed by atoms with van der Waals surface area (Å²) in [5, 5.41) is 40.0. The molecule has 1 aliphatic heterocycles. The van der Waals surface area contributed by atoms with Gasteiger partial charge in [0.05, 0.1) is 24.2 Å². The SMILES string of the molecule is CC(C=C[C@@]1(O)[C@@]2(C)C[C@@H](O)[C@H](O)[C@]1(C)CO2)=CC(=O)O. The van der Waals surface area contributed by atoms with Crippen molar-refractivity contribution in [3.8, 4) is 0 Å². The van der Waals surface area contributed by atoms with Crippen LogP contribution < -0.4 is 0 Å². The van der Waals surface area contributed by atoms with E-state index in [1.54, 1.807) is 20.8 Å². The maximum absolute atomic E-state index is 11.1. The highest BCUT2D eigenvalue weighted by Crippen LogP contribution is 2.57. The molecule has 0 aromatic carbocycles. The minimum absolute atomic E-state index is 0.103. The Labute approximate surface area is 123 Å². The Morgan fingerprint density at radius 1 is 1.33 bits per heavy atom. The van der Waals surface area contributed by atoms with Crippen molar-refractivity contribution in [2.75, 3.05) is 6.61 Å². The van der Waals surface area contributed by atoms with Gasteiger partial charge in [-0.25, -0.2) is 4.79 Å². The second-order valence-corrected chi connectivity index (χ2v) is 6.48. The Morgan fingerprint density at radius 2 is 1.95 bits per heavy atom. The van der Waals surface area contributed by atoms with Crippen LogP contribution in [0, 0.1) is 5.41 Å². The van der Waals surface area contributed by atoms with Gasteiger partial charge in [0.1, 0.15) is 11.2 Å². The molecule has 0 unspecified atom stereocenters. The standard InChI is InChI=1S/C15H22O6/c1-9(6-11(17)18)4-5-15(20)13(2)8-21-14(15,3)7-10(16)12(13)19/h4-6,10,12,16,19-20H,7-8H2,1-3H3,(H,17,18)/t10-,12+,13+,14-,15+/m1/s1. The van der Waals surface area contributed by atoms with Gasteiger partial charge in [0, 0.05) is 12.5 Å². The summed E-state index contributed by atoms with van der Waals surface area (Å²) in [6, 6.07) is 0. The zero-order valence-corrected chi connectivity index (χ0v) is 12.4. The molecule has 0 amide bonds. The molecular weight excluding hydrogens is 276 g/mol.